The third-order valence-corrected chi connectivity index (χ3v) is 3.57. The Labute approximate surface area is 127 Å². The van der Waals surface area contributed by atoms with Crippen molar-refractivity contribution in [2.24, 2.45) is 0 Å². The molecule has 0 spiro atoms. The van der Waals surface area contributed by atoms with E-state index >= 15 is 0 Å². The van der Waals surface area contributed by atoms with E-state index in [1.54, 1.807) is 24.3 Å². The van der Waals surface area contributed by atoms with Gasteiger partial charge < -0.3 is 9.40 Å². The largest absolute Gasteiger partial charge is 0.434 e. The normalized spacial score (nSPS) is 11.2. The van der Waals surface area contributed by atoms with Gasteiger partial charge in [-0.1, -0.05) is 12.1 Å². The predicted molar refractivity (Wildman–Crippen MR) is 79.8 cm³/mol. The molecule has 2 heterocycles. The zero-order valence-corrected chi connectivity index (χ0v) is 11.6. The van der Waals surface area contributed by atoms with Crippen LogP contribution < -0.4 is 5.76 Å². The van der Waals surface area contributed by atoms with Gasteiger partial charge in [0.2, 0.25) is 0 Å². The minimum absolute atomic E-state index is 0.0335. The molecule has 0 amide bonds. The zero-order valence-electron chi connectivity index (χ0n) is 11.6. The summed E-state index contributed by atoms with van der Waals surface area (Å²) in [5.41, 5.74) is 1.79. The highest BCUT2D eigenvalue weighted by Crippen LogP contribution is 2.37. The molecule has 0 saturated heterocycles. The first-order chi connectivity index (χ1) is 11.1. The van der Waals surface area contributed by atoms with E-state index in [9.17, 15) is 13.6 Å². The Kier molecular flexibility index (Phi) is 2.87. The first kappa shape index (κ1) is 13.4. The summed E-state index contributed by atoms with van der Waals surface area (Å²) in [5, 5.41) is 6.52. The zero-order chi connectivity index (χ0) is 16.0. The number of nitrogens with one attached hydrogen (secondary N) is 2. The molecule has 0 unspecified atom stereocenters. The van der Waals surface area contributed by atoms with Crippen LogP contribution in [0.4, 0.5) is 8.78 Å². The van der Waals surface area contributed by atoms with Crippen LogP contribution in [0.1, 0.15) is 0 Å². The molecule has 0 bridgehead atoms. The summed E-state index contributed by atoms with van der Waals surface area (Å²) in [6.07, 6.45) is 0. The van der Waals surface area contributed by atoms with E-state index in [4.69, 9.17) is 4.42 Å². The van der Waals surface area contributed by atoms with Gasteiger partial charge in [0.1, 0.15) is 11.6 Å². The molecule has 2 aromatic carbocycles. The van der Waals surface area contributed by atoms with Crippen molar-refractivity contribution < 1.29 is 13.2 Å². The lowest BCUT2D eigenvalue weighted by molar-refractivity contribution is 0.527. The van der Waals surface area contributed by atoms with Crippen molar-refractivity contribution in [3.63, 3.8) is 0 Å². The molecule has 114 valence electrons. The van der Waals surface area contributed by atoms with E-state index < -0.39 is 11.6 Å². The summed E-state index contributed by atoms with van der Waals surface area (Å²) in [6.45, 7) is 0. The van der Waals surface area contributed by atoms with Gasteiger partial charge in [-0.15, -0.1) is 5.10 Å². The van der Waals surface area contributed by atoms with E-state index in [0.717, 1.165) is 0 Å². The monoisotopic (exact) mass is 313 g/mol. The number of hydrogen-bond acceptors (Lipinski definition) is 3. The second-order valence-corrected chi connectivity index (χ2v) is 4.96. The maximum Gasteiger partial charge on any atom is 0.434 e. The number of rotatable bonds is 2. The summed E-state index contributed by atoms with van der Waals surface area (Å²) in [6, 6.07) is 10.2. The number of benzene rings is 2. The molecule has 2 N–H and O–H groups in total. The molecule has 0 radical (unpaired) electrons. The van der Waals surface area contributed by atoms with Gasteiger partial charge >= 0.3 is 5.76 Å². The highest BCUT2D eigenvalue weighted by atomic mass is 19.1. The molecule has 0 saturated carbocycles. The van der Waals surface area contributed by atoms with Crippen molar-refractivity contribution in [2.45, 2.75) is 0 Å². The average molecular weight is 313 g/mol. The second kappa shape index (κ2) is 4.91. The Balaban J connectivity index is 2.08. The van der Waals surface area contributed by atoms with E-state index in [0.29, 0.717) is 22.2 Å². The molecule has 2 aromatic heterocycles. The van der Waals surface area contributed by atoms with Gasteiger partial charge in [0.25, 0.3) is 5.89 Å². The molecular weight excluding hydrogens is 304 g/mol. The lowest BCUT2D eigenvalue weighted by Crippen LogP contribution is -1.93. The third-order valence-electron chi connectivity index (χ3n) is 3.57. The Bertz CT molecular complexity index is 1060. The number of H-pyrrole nitrogens is 2. The molecular formula is C16H9F2N3O2. The van der Waals surface area contributed by atoms with Crippen LogP contribution in [0, 0.1) is 11.6 Å². The number of aromatic nitrogens is 3. The summed E-state index contributed by atoms with van der Waals surface area (Å²) in [5.74, 6) is -1.51. The Morgan fingerprint density at radius 1 is 1.04 bits per heavy atom. The van der Waals surface area contributed by atoms with Crippen molar-refractivity contribution in [3.8, 4) is 22.7 Å². The fourth-order valence-corrected chi connectivity index (χ4v) is 2.57. The van der Waals surface area contributed by atoms with Crippen molar-refractivity contribution >= 4 is 10.9 Å². The Morgan fingerprint density at radius 3 is 2.52 bits per heavy atom. The van der Waals surface area contributed by atoms with E-state index in [1.807, 2.05) is 0 Å². The van der Waals surface area contributed by atoms with Crippen molar-refractivity contribution in [1.82, 2.24) is 15.2 Å². The number of nitrogens with zero attached hydrogens (tertiary/aromatic N) is 1. The van der Waals surface area contributed by atoms with Crippen LogP contribution in [0.3, 0.4) is 0 Å². The van der Waals surface area contributed by atoms with Crippen molar-refractivity contribution in [2.75, 3.05) is 0 Å². The lowest BCUT2D eigenvalue weighted by atomic mass is 10.1. The van der Waals surface area contributed by atoms with Crippen LogP contribution in [0.5, 0.6) is 0 Å². The molecule has 23 heavy (non-hydrogen) atoms. The molecule has 7 heteroatoms. The Hall–Kier alpha value is -3.22. The number of halogens is 2. The van der Waals surface area contributed by atoms with Gasteiger partial charge in [0.15, 0.2) is 0 Å². The SMILES string of the molecule is O=c1[nH]nc(-c2c(-c3ccc(F)cc3)[nH]c3c(F)cccc23)o1. The number of aromatic amines is 2. The predicted octanol–water partition coefficient (Wildman–Crippen LogP) is 3.46. The standard InChI is InChI=1S/C16H9F2N3O2/c17-9-6-4-8(5-7-9)13-12(15-20-21-16(22)23-15)10-2-1-3-11(18)14(10)19-13/h1-7,19H,(H,21,22). The fourth-order valence-electron chi connectivity index (χ4n) is 2.57. The van der Waals surface area contributed by atoms with E-state index in [1.165, 1.54) is 18.2 Å². The van der Waals surface area contributed by atoms with Gasteiger partial charge in [-0.05, 0) is 35.9 Å². The van der Waals surface area contributed by atoms with Crippen molar-refractivity contribution in [1.29, 1.82) is 0 Å². The van der Waals surface area contributed by atoms with E-state index in [-0.39, 0.29) is 17.2 Å². The molecule has 0 fully saturated rings. The topological polar surface area (TPSA) is 74.7 Å². The minimum atomic E-state index is -0.712. The average Bonchev–Trinajstić information content (AvgIpc) is 3.12. The number of fused-ring (bicyclic) bond motifs is 1. The molecule has 0 aliphatic heterocycles. The fraction of sp³-hybridized carbons (Fsp3) is 0. The molecule has 0 aliphatic rings. The maximum atomic E-state index is 14.1. The van der Waals surface area contributed by atoms with Crippen LogP contribution in [0.2, 0.25) is 0 Å². The van der Waals surface area contributed by atoms with Crippen LogP contribution in [0.15, 0.2) is 51.7 Å². The van der Waals surface area contributed by atoms with E-state index in [2.05, 4.69) is 15.2 Å². The number of hydrogen-bond donors (Lipinski definition) is 2. The molecule has 5 nitrogen and oxygen atoms in total. The van der Waals surface area contributed by atoms with Crippen LogP contribution in [0.25, 0.3) is 33.6 Å². The highest BCUT2D eigenvalue weighted by molar-refractivity contribution is 6.02. The van der Waals surface area contributed by atoms with Gasteiger partial charge in [-0.2, -0.15) is 0 Å². The third kappa shape index (κ3) is 2.13. The van der Waals surface area contributed by atoms with Crippen molar-refractivity contribution in [3.05, 3.63) is 64.6 Å². The summed E-state index contributed by atoms with van der Waals surface area (Å²) in [7, 11) is 0. The maximum absolute atomic E-state index is 14.1. The van der Waals surface area contributed by atoms with Gasteiger partial charge in [-0.3, -0.25) is 0 Å². The van der Waals surface area contributed by atoms with Crippen LogP contribution in [-0.4, -0.2) is 15.2 Å². The molecule has 4 rings (SSSR count). The Morgan fingerprint density at radius 2 is 1.83 bits per heavy atom. The van der Waals surface area contributed by atoms with Gasteiger partial charge in [0.05, 0.1) is 16.8 Å². The number of para-hydroxylation sites is 1. The second-order valence-electron chi connectivity index (χ2n) is 4.96. The smallest absolute Gasteiger partial charge is 0.388 e. The van der Waals surface area contributed by atoms with Crippen LogP contribution in [-0.2, 0) is 0 Å². The lowest BCUT2D eigenvalue weighted by Gasteiger charge is -2.01. The van der Waals surface area contributed by atoms with Gasteiger partial charge in [0, 0.05) is 5.39 Å². The molecule has 4 aromatic rings. The summed E-state index contributed by atoms with van der Waals surface area (Å²) in [4.78, 5) is 14.2. The minimum Gasteiger partial charge on any atom is -0.388 e. The summed E-state index contributed by atoms with van der Waals surface area (Å²) >= 11 is 0. The first-order valence-corrected chi connectivity index (χ1v) is 6.75. The van der Waals surface area contributed by atoms with Gasteiger partial charge in [-0.25, -0.2) is 18.7 Å². The molecule has 0 aliphatic carbocycles. The quantitative estimate of drug-likeness (QED) is 0.595. The first-order valence-electron chi connectivity index (χ1n) is 6.75. The molecule has 0 atom stereocenters. The summed E-state index contributed by atoms with van der Waals surface area (Å²) < 4.78 is 32.2. The highest BCUT2D eigenvalue weighted by Gasteiger charge is 2.20. The van der Waals surface area contributed by atoms with Crippen LogP contribution >= 0.6 is 0 Å².